The van der Waals surface area contributed by atoms with Crippen molar-refractivity contribution in [2.75, 3.05) is 11.9 Å². The van der Waals surface area contributed by atoms with E-state index in [9.17, 15) is 14.0 Å². The third-order valence-electron chi connectivity index (χ3n) is 2.82. The van der Waals surface area contributed by atoms with E-state index in [1.165, 1.54) is 6.07 Å². The Balaban J connectivity index is 2.11. The molecule has 1 aliphatic rings. The van der Waals surface area contributed by atoms with Crippen LogP contribution in [0.5, 0.6) is 0 Å². The Morgan fingerprint density at radius 3 is 2.88 bits per heavy atom. The number of aryl methyl sites for hydroxylation is 1. The smallest absolute Gasteiger partial charge is 0.229 e. The number of nitrogens with one attached hydrogen (secondary N) is 2. The van der Waals surface area contributed by atoms with Gasteiger partial charge in [0.25, 0.3) is 0 Å². The molecule has 0 spiro atoms. The van der Waals surface area contributed by atoms with Crippen molar-refractivity contribution in [2.24, 2.45) is 5.92 Å². The molecule has 2 N–H and O–H groups in total. The van der Waals surface area contributed by atoms with E-state index in [2.05, 4.69) is 10.6 Å². The molecule has 1 fully saturated rings. The van der Waals surface area contributed by atoms with Gasteiger partial charge in [0.1, 0.15) is 5.82 Å². The van der Waals surface area contributed by atoms with Gasteiger partial charge in [-0.15, -0.1) is 0 Å². The lowest BCUT2D eigenvalue weighted by Crippen LogP contribution is -2.25. The van der Waals surface area contributed by atoms with Gasteiger partial charge in [0.05, 0.1) is 11.6 Å². The highest BCUT2D eigenvalue weighted by atomic mass is 19.1. The van der Waals surface area contributed by atoms with Crippen molar-refractivity contribution >= 4 is 17.5 Å². The van der Waals surface area contributed by atoms with Gasteiger partial charge in [-0.25, -0.2) is 4.39 Å². The van der Waals surface area contributed by atoms with E-state index in [1.54, 1.807) is 19.1 Å². The van der Waals surface area contributed by atoms with Crippen LogP contribution >= 0.6 is 0 Å². The second kappa shape index (κ2) is 4.53. The van der Waals surface area contributed by atoms with Crippen molar-refractivity contribution in [1.29, 1.82) is 0 Å². The number of benzene rings is 1. The molecule has 17 heavy (non-hydrogen) atoms. The summed E-state index contributed by atoms with van der Waals surface area (Å²) in [7, 11) is 0. The largest absolute Gasteiger partial charge is 0.355 e. The molecule has 4 nitrogen and oxygen atoms in total. The molecule has 0 bridgehead atoms. The van der Waals surface area contributed by atoms with Gasteiger partial charge in [0.2, 0.25) is 11.8 Å². The molecule has 1 saturated heterocycles. The van der Waals surface area contributed by atoms with Crippen LogP contribution in [0.4, 0.5) is 10.1 Å². The van der Waals surface area contributed by atoms with Gasteiger partial charge in [-0.1, -0.05) is 12.1 Å². The number of hydrogen-bond donors (Lipinski definition) is 2. The van der Waals surface area contributed by atoms with Crippen molar-refractivity contribution in [3.63, 3.8) is 0 Å². The predicted molar refractivity (Wildman–Crippen MR) is 60.9 cm³/mol. The normalized spacial score (nSPS) is 18.9. The number of hydrogen-bond acceptors (Lipinski definition) is 2. The number of carbonyl (C=O) groups is 2. The lowest BCUT2D eigenvalue weighted by atomic mass is 10.1. The molecule has 1 aliphatic heterocycles. The van der Waals surface area contributed by atoms with Gasteiger partial charge in [-0.2, -0.15) is 0 Å². The molecule has 1 heterocycles. The van der Waals surface area contributed by atoms with Gasteiger partial charge in [-0.05, 0) is 18.6 Å². The molecule has 0 aliphatic carbocycles. The highest BCUT2D eigenvalue weighted by molar-refractivity contribution is 5.97. The topological polar surface area (TPSA) is 58.2 Å². The number of anilines is 1. The van der Waals surface area contributed by atoms with Crippen molar-refractivity contribution in [2.45, 2.75) is 13.3 Å². The van der Waals surface area contributed by atoms with Crippen molar-refractivity contribution in [3.8, 4) is 0 Å². The van der Waals surface area contributed by atoms with Gasteiger partial charge in [0, 0.05) is 13.0 Å². The Labute approximate surface area is 98.2 Å². The van der Waals surface area contributed by atoms with Gasteiger partial charge >= 0.3 is 0 Å². The van der Waals surface area contributed by atoms with Crippen LogP contribution in [0.25, 0.3) is 0 Å². The molecule has 2 rings (SSSR count). The first-order valence-corrected chi connectivity index (χ1v) is 5.40. The molecule has 90 valence electrons. The minimum Gasteiger partial charge on any atom is -0.355 e. The zero-order chi connectivity index (χ0) is 12.4. The average Bonchev–Trinajstić information content (AvgIpc) is 2.70. The molecule has 1 aromatic rings. The van der Waals surface area contributed by atoms with Gasteiger partial charge in [-0.3, -0.25) is 9.59 Å². The number of para-hydroxylation sites is 1. The highest BCUT2D eigenvalue weighted by Crippen LogP contribution is 2.20. The molecule has 1 aromatic carbocycles. The summed E-state index contributed by atoms with van der Waals surface area (Å²) < 4.78 is 13.5. The minimum absolute atomic E-state index is 0.143. The molecule has 0 saturated carbocycles. The second-order valence-electron chi connectivity index (χ2n) is 4.13. The van der Waals surface area contributed by atoms with E-state index in [0.29, 0.717) is 12.1 Å². The molecule has 1 atom stereocenters. The van der Waals surface area contributed by atoms with E-state index < -0.39 is 11.7 Å². The Kier molecular flexibility index (Phi) is 3.08. The lowest BCUT2D eigenvalue weighted by Gasteiger charge is -2.12. The third kappa shape index (κ3) is 2.43. The first-order chi connectivity index (χ1) is 8.08. The van der Waals surface area contributed by atoms with Crippen LogP contribution < -0.4 is 10.6 Å². The van der Waals surface area contributed by atoms with E-state index >= 15 is 0 Å². The summed E-state index contributed by atoms with van der Waals surface area (Å²) in [6.45, 7) is 2.04. The summed E-state index contributed by atoms with van der Waals surface area (Å²) >= 11 is 0. The monoisotopic (exact) mass is 236 g/mol. The van der Waals surface area contributed by atoms with Crippen LogP contribution in [0.2, 0.25) is 0 Å². The van der Waals surface area contributed by atoms with Crippen LogP contribution in [0.15, 0.2) is 18.2 Å². The second-order valence-corrected chi connectivity index (χ2v) is 4.13. The van der Waals surface area contributed by atoms with E-state index in [4.69, 9.17) is 0 Å². The summed E-state index contributed by atoms with van der Waals surface area (Å²) in [5.41, 5.74) is 0.854. The third-order valence-corrected chi connectivity index (χ3v) is 2.82. The van der Waals surface area contributed by atoms with Gasteiger partial charge < -0.3 is 10.6 Å². The Hall–Kier alpha value is -1.91. The lowest BCUT2D eigenvalue weighted by molar-refractivity contribution is -0.123. The summed E-state index contributed by atoms with van der Waals surface area (Å²) in [5, 5.41) is 5.11. The number of rotatable bonds is 2. The Morgan fingerprint density at radius 1 is 1.53 bits per heavy atom. The van der Waals surface area contributed by atoms with Crippen molar-refractivity contribution in [3.05, 3.63) is 29.6 Å². The molecular weight excluding hydrogens is 223 g/mol. The zero-order valence-corrected chi connectivity index (χ0v) is 9.42. The summed E-state index contributed by atoms with van der Waals surface area (Å²) in [6, 6.07) is 4.60. The molecule has 5 heteroatoms. The summed E-state index contributed by atoms with van der Waals surface area (Å²) in [4.78, 5) is 22.8. The Morgan fingerprint density at radius 2 is 2.29 bits per heavy atom. The maximum atomic E-state index is 13.5. The fraction of sp³-hybridized carbons (Fsp3) is 0.333. The fourth-order valence-corrected chi connectivity index (χ4v) is 1.81. The number of carbonyl (C=O) groups excluding carboxylic acids is 2. The molecule has 2 amide bonds. The number of halogens is 1. The van der Waals surface area contributed by atoms with Crippen LogP contribution in [0, 0.1) is 18.7 Å². The first-order valence-electron chi connectivity index (χ1n) is 5.40. The predicted octanol–water partition coefficient (Wildman–Crippen LogP) is 1.21. The SMILES string of the molecule is Cc1cccc(F)c1NC(=O)C1CNC(=O)C1. The Bertz CT molecular complexity index is 453. The molecule has 1 unspecified atom stereocenters. The zero-order valence-electron chi connectivity index (χ0n) is 9.42. The fourth-order valence-electron chi connectivity index (χ4n) is 1.81. The number of amides is 2. The van der Waals surface area contributed by atoms with Crippen molar-refractivity contribution in [1.82, 2.24) is 5.32 Å². The van der Waals surface area contributed by atoms with E-state index in [-0.39, 0.29) is 23.9 Å². The van der Waals surface area contributed by atoms with E-state index in [0.717, 1.165) is 0 Å². The molecule has 0 radical (unpaired) electrons. The van der Waals surface area contributed by atoms with Crippen molar-refractivity contribution < 1.29 is 14.0 Å². The quantitative estimate of drug-likeness (QED) is 0.810. The molecule has 0 aromatic heterocycles. The van der Waals surface area contributed by atoms with Gasteiger partial charge in [0.15, 0.2) is 0 Å². The maximum Gasteiger partial charge on any atom is 0.229 e. The van der Waals surface area contributed by atoms with Crippen LogP contribution in [-0.2, 0) is 9.59 Å². The average molecular weight is 236 g/mol. The van der Waals surface area contributed by atoms with E-state index in [1.807, 2.05) is 0 Å². The summed E-state index contributed by atoms with van der Waals surface area (Å²) in [6.07, 6.45) is 0.166. The minimum atomic E-state index is -0.462. The summed E-state index contributed by atoms with van der Waals surface area (Å²) in [5.74, 6) is -1.34. The first kappa shape index (κ1) is 11.6. The van der Waals surface area contributed by atoms with Crippen LogP contribution in [0.3, 0.4) is 0 Å². The van der Waals surface area contributed by atoms with Crippen LogP contribution in [0.1, 0.15) is 12.0 Å². The standard InChI is InChI=1S/C12H13FN2O2/c1-7-3-2-4-9(13)11(7)15-12(17)8-5-10(16)14-6-8/h2-4,8H,5-6H2,1H3,(H,14,16)(H,15,17). The van der Waals surface area contributed by atoms with Crippen LogP contribution in [-0.4, -0.2) is 18.4 Å². The highest BCUT2D eigenvalue weighted by Gasteiger charge is 2.28. The molecular formula is C12H13FN2O2. The maximum absolute atomic E-state index is 13.5.